The van der Waals surface area contributed by atoms with Crippen LogP contribution in [0.15, 0.2) is 24.3 Å². The summed E-state index contributed by atoms with van der Waals surface area (Å²) in [7, 11) is 0. The molecule has 2 amide bonds. The van der Waals surface area contributed by atoms with E-state index in [-0.39, 0.29) is 40.9 Å². The molecule has 1 aromatic rings. The topological polar surface area (TPSA) is 115 Å². The molecule has 0 aliphatic carbocycles. The monoisotopic (exact) mass is 299 g/mol. The van der Waals surface area contributed by atoms with Gasteiger partial charge in [0.25, 0.3) is 11.6 Å². The summed E-state index contributed by atoms with van der Waals surface area (Å²) in [5.74, 6) is -5.44. The summed E-state index contributed by atoms with van der Waals surface area (Å²) in [5.41, 5.74) is -0.204. The summed E-state index contributed by atoms with van der Waals surface area (Å²) in [5, 5.41) is 10.5. The molecule has 1 atom stereocenters. The predicted molar refractivity (Wildman–Crippen MR) is 70.5 cm³/mol. The molecule has 103 valence electrons. The van der Waals surface area contributed by atoms with E-state index in [2.05, 4.69) is 0 Å². The Hall–Kier alpha value is -1.90. The van der Waals surface area contributed by atoms with Gasteiger partial charge in [-0.1, -0.05) is 0 Å². The Balaban J connectivity index is 0.00000220. The van der Waals surface area contributed by atoms with Crippen LogP contribution in [0.3, 0.4) is 0 Å². The number of hydrogen-bond acceptors (Lipinski definition) is 6. The Morgan fingerprint density at radius 2 is 1.71 bits per heavy atom. The summed E-state index contributed by atoms with van der Waals surface area (Å²) >= 11 is 0. The second-order valence-electron chi connectivity index (χ2n) is 4.16. The van der Waals surface area contributed by atoms with Gasteiger partial charge < -0.3 is 0 Å². The van der Waals surface area contributed by atoms with Crippen LogP contribution in [0.1, 0.15) is 6.92 Å². The molecule has 1 saturated heterocycles. The molecule has 0 aromatic heterocycles. The third-order valence-corrected chi connectivity index (χ3v) is 2.87. The van der Waals surface area contributed by atoms with Crippen molar-refractivity contribution in [3.8, 4) is 0 Å². The molecule has 9 heteroatoms. The van der Waals surface area contributed by atoms with E-state index in [1.807, 2.05) is 0 Å². The molecule has 0 N–H and O–H groups in total. The van der Waals surface area contributed by atoms with Gasteiger partial charge in [0.2, 0.25) is 5.78 Å². The van der Waals surface area contributed by atoms with E-state index in [4.69, 9.17) is 0 Å². The number of benzene rings is 1. The van der Waals surface area contributed by atoms with Crippen molar-refractivity contribution >= 4 is 64.3 Å². The number of Topliss-reactive ketones (excluding diaryl/α,β-unsaturated/α-hetero) is 2. The first kappa shape index (κ1) is 17.2. The van der Waals surface area contributed by atoms with Gasteiger partial charge in [-0.15, -0.1) is 0 Å². The Labute approximate surface area is 140 Å². The zero-order valence-corrected chi connectivity index (χ0v) is 13.2. The van der Waals surface area contributed by atoms with E-state index >= 15 is 0 Å². The second kappa shape index (κ2) is 6.25. The Morgan fingerprint density at radius 3 is 2.10 bits per heavy atom. The SMILES string of the molecule is CC(=O)C1C(=O)C(=O)N(c2ccc([N+](=O)[O-])cc2)C1=O.[Na]. The van der Waals surface area contributed by atoms with Gasteiger partial charge in [0, 0.05) is 41.7 Å². The van der Waals surface area contributed by atoms with Crippen molar-refractivity contribution in [3.63, 3.8) is 0 Å². The average Bonchev–Trinajstić information content (AvgIpc) is 2.60. The molecular formula is C12H8N2NaO6. The number of rotatable bonds is 3. The van der Waals surface area contributed by atoms with Crippen molar-refractivity contribution in [3.05, 3.63) is 34.4 Å². The van der Waals surface area contributed by atoms with Crippen molar-refractivity contribution < 1.29 is 24.1 Å². The number of anilines is 1. The summed E-state index contributed by atoms with van der Waals surface area (Å²) < 4.78 is 0. The second-order valence-corrected chi connectivity index (χ2v) is 4.16. The molecule has 1 unspecified atom stereocenters. The third-order valence-electron chi connectivity index (χ3n) is 2.87. The molecule has 1 heterocycles. The largest absolute Gasteiger partial charge is 0.302 e. The molecule has 0 spiro atoms. The molecule has 1 aliphatic heterocycles. The van der Waals surface area contributed by atoms with Crippen molar-refractivity contribution in [2.45, 2.75) is 6.92 Å². The van der Waals surface area contributed by atoms with E-state index in [9.17, 15) is 29.3 Å². The van der Waals surface area contributed by atoms with Crippen molar-refractivity contribution in [1.29, 1.82) is 0 Å². The van der Waals surface area contributed by atoms with Crippen LogP contribution in [-0.4, -0.2) is 57.9 Å². The van der Waals surface area contributed by atoms with Crippen molar-refractivity contribution in [2.75, 3.05) is 4.90 Å². The fourth-order valence-corrected chi connectivity index (χ4v) is 1.90. The number of nitrogens with zero attached hydrogens (tertiary/aromatic N) is 2. The number of non-ortho nitro benzene ring substituents is 1. The van der Waals surface area contributed by atoms with Crippen LogP contribution in [0.25, 0.3) is 0 Å². The van der Waals surface area contributed by atoms with Crippen LogP contribution in [0, 0.1) is 16.0 Å². The summed E-state index contributed by atoms with van der Waals surface area (Å²) in [6, 6.07) is 4.54. The van der Waals surface area contributed by atoms with E-state index in [1.54, 1.807) is 0 Å². The minimum atomic E-state index is -1.61. The number of imide groups is 1. The van der Waals surface area contributed by atoms with Crippen LogP contribution in [0.5, 0.6) is 0 Å². The van der Waals surface area contributed by atoms with Crippen molar-refractivity contribution in [2.24, 2.45) is 5.92 Å². The maximum absolute atomic E-state index is 11.9. The first-order chi connectivity index (χ1) is 9.34. The molecular weight excluding hydrogens is 291 g/mol. The smallest absolute Gasteiger partial charge is 0.299 e. The summed E-state index contributed by atoms with van der Waals surface area (Å²) in [4.78, 5) is 56.9. The zero-order valence-electron chi connectivity index (χ0n) is 11.2. The van der Waals surface area contributed by atoms with Crippen LogP contribution in [-0.2, 0) is 19.2 Å². The molecule has 8 nitrogen and oxygen atoms in total. The van der Waals surface area contributed by atoms with Crippen molar-refractivity contribution in [1.82, 2.24) is 0 Å². The van der Waals surface area contributed by atoms with Crippen LogP contribution in [0.4, 0.5) is 11.4 Å². The van der Waals surface area contributed by atoms with Gasteiger partial charge >= 0.3 is 5.91 Å². The Bertz CT molecular complexity index is 654. The molecule has 21 heavy (non-hydrogen) atoms. The fraction of sp³-hybridized carbons (Fsp3) is 0.167. The number of carbonyl (C=O) groups excluding carboxylic acids is 4. The third kappa shape index (κ3) is 2.92. The van der Waals surface area contributed by atoms with E-state index < -0.39 is 34.2 Å². The standard InChI is InChI=1S/C12H8N2O6.Na/c1-6(15)9-10(16)12(18)13(11(9)17)7-2-4-8(5-3-7)14(19)20;/h2-5,9H,1H3;. The van der Waals surface area contributed by atoms with Crippen LogP contribution >= 0.6 is 0 Å². The van der Waals surface area contributed by atoms with Gasteiger partial charge in [0.15, 0.2) is 5.92 Å². The minimum absolute atomic E-state index is 0. The van der Waals surface area contributed by atoms with E-state index in [1.165, 1.54) is 12.1 Å². The average molecular weight is 299 g/mol. The normalized spacial score (nSPS) is 17.7. The molecule has 1 aromatic carbocycles. The van der Waals surface area contributed by atoms with Gasteiger partial charge in [0.05, 0.1) is 10.6 Å². The van der Waals surface area contributed by atoms with Crippen LogP contribution in [0.2, 0.25) is 0 Å². The van der Waals surface area contributed by atoms with Gasteiger partial charge in [-0.2, -0.15) is 0 Å². The summed E-state index contributed by atoms with van der Waals surface area (Å²) in [6.07, 6.45) is 0. The maximum atomic E-state index is 11.9. The zero-order chi connectivity index (χ0) is 15.0. The van der Waals surface area contributed by atoms with Gasteiger partial charge in [-0.25, -0.2) is 4.90 Å². The molecule has 1 fully saturated rings. The summed E-state index contributed by atoms with van der Waals surface area (Å²) in [6.45, 7) is 1.05. The molecule has 1 radical (unpaired) electrons. The number of nitro groups is 1. The van der Waals surface area contributed by atoms with Gasteiger partial charge in [-0.3, -0.25) is 29.3 Å². The fourth-order valence-electron chi connectivity index (χ4n) is 1.90. The van der Waals surface area contributed by atoms with Gasteiger partial charge in [-0.05, 0) is 19.1 Å². The predicted octanol–water partition coefficient (Wildman–Crippen LogP) is -0.139. The Morgan fingerprint density at radius 1 is 1.19 bits per heavy atom. The molecule has 0 saturated carbocycles. The number of ketones is 2. The van der Waals surface area contributed by atoms with E-state index in [0.717, 1.165) is 19.1 Å². The number of hydrogen-bond donors (Lipinski definition) is 0. The molecule has 0 bridgehead atoms. The maximum Gasteiger partial charge on any atom is 0.302 e. The Kier molecular flexibility index (Phi) is 5.10. The first-order valence-corrected chi connectivity index (χ1v) is 5.51. The minimum Gasteiger partial charge on any atom is -0.299 e. The number of carbonyl (C=O) groups is 4. The first-order valence-electron chi connectivity index (χ1n) is 5.51. The van der Waals surface area contributed by atoms with Crippen LogP contribution < -0.4 is 4.90 Å². The quantitative estimate of drug-likeness (QED) is 0.192. The van der Waals surface area contributed by atoms with Gasteiger partial charge in [0.1, 0.15) is 5.78 Å². The number of amides is 2. The molecule has 2 rings (SSSR count). The molecule has 1 aliphatic rings. The number of nitro benzene ring substituents is 1. The van der Waals surface area contributed by atoms with E-state index in [0.29, 0.717) is 4.90 Å².